The molecule has 0 amide bonds. The number of fused-ring (bicyclic) bond motifs is 5. The van der Waals surface area contributed by atoms with E-state index in [0.29, 0.717) is 12.3 Å². The van der Waals surface area contributed by atoms with Gasteiger partial charge in [0.05, 0.1) is 11.4 Å². The summed E-state index contributed by atoms with van der Waals surface area (Å²) < 4.78 is 26.3. The summed E-state index contributed by atoms with van der Waals surface area (Å²) >= 11 is 0. The Bertz CT molecular complexity index is 1350. The Morgan fingerprint density at radius 3 is 2.31 bits per heavy atom. The maximum atomic E-state index is 12.4. The van der Waals surface area contributed by atoms with Crippen LogP contribution >= 0.6 is 0 Å². The number of nitrogens with one attached hydrogen (secondary N) is 1. The van der Waals surface area contributed by atoms with E-state index in [0.717, 1.165) is 93.6 Å². The molecule has 0 saturated carbocycles. The molecule has 1 heterocycles. The van der Waals surface area contributed by atoms with Gasteiger partial charge in [-0.15, -0.1) is 0 Å². The first-order valence-corrected chi connectivity index (χ1v) is 16.5. The van der Waals surface area contributed by atoms with Gasteiger partial charge in [-0.2, -0.15) is 0 Å². The highest BCUT2D eigenvalue weighted by Crippen LogP contribution is 2.42. The van der Waals surface area contributed by atoms with Gasteiger partial charge in [-0.05, 0) is 85.5 Å². The fourth-order valence-electron chi connectivity index (χ4n) is 5.97. The van der Waals surface area contributed by atoms with Crippen molar-refractivity contribution >= 4 is 20.9 Å². The van der Waals surface area contributed by atoms with Crippen LogP contribution in [0.5, 0.6) is 11.5 Å². The molecule has 6 nitrogen and oxygen atoms in total. The number of aromatic hydroxyl groups is 2. The van der Waals surface area contributed by atoms with Crippen molar-refractivity contribution in [2.45, 2.75) is 96.8 Å². The Kier molecular flexibility index (Phi) is 10.4. The lowest BCUT2D eigenvalue weighted by Crippen LogP contribution is -2.30. The minimum atomic E-state index is -3.11. The zero-order valence-electron chi connectivity index (χ0n) is 23.8. The smallest absolute Gasteiger partial charge is 0.213 e. The zero-order chi connectivity index (χ0) is 27.8. The Labute approximate surface area is 234 Å². The highest BCUT2D eigenvalue weighted by atomic mass is 32.2. The molecule has 0 bridgehead atoms. The molecule has 7 heteroatoms. The summed E-state index contributed by atoms with van der Waals surface area (Å²) in [5.74, 6) is 0.898. The maximum Gasteiger partial charge on any atom is 0.213 e. The SMILES string of the molecule is CCCCCN(C)S(=O)(=O)CCCCCCCCCCc1cc(O)cc2c1-c1[nH]c3ccc(O)cc3c1CC2. The Morgan fingerprint density at radius 1 is 0.846 bits per heavy atom. The Hall–Kier alpha value is -2.51. The molecule has 39 heavy (non-hydrogen) atoms. The quantitative estimate of drug-likeness (QED) is 0.160. The molecule has 4 rings (SSSR count). The molecule has 2 aromatic carbocycles. The van der Waals surface area contributed by atoms with E-state index in [2.05, 4.69) is 11.9 Å². The van der Waals surface area contributed by atoms with Crippen molar-refractivity contribution in [3.63, 3.8) is 0 Å². The number of hydrogen-bond donors (Lipinski definition) is 3. The molecular weight excluding hydrogens is 508 g/mol. The zero-order valence-corrected chi connectivity index (χ0v) is 24.6. The third kappa shape index (κ3) is 7.57. The van der Waals surface area contributed by atoms with Gasteiger partial charge in [-0.1, -0.05) is 58.3 Å². The van der Waals surface area contributed by atoms with Crippen LogP contribution in [0.15, 0.2) is 30.3 Å². The molecular formula is C32H46N2O4S. The van der Waals surface area contributed by atoms with Gasteiger partial charge in [0, 0.05) is 30.1 Å². The minimum Gasteiger partial charge on any atom is -0.508 e. The molecule has 0 saturated heterocycles. The van der Waals surface area contributed by atoms with Crippen molar-refractivity contribution in [2.24, 2.45) is 0 Å². The topological polar surface area (TPSA) is 93.6 Å². The number of H-pyrrole nitrogens is 1. The fraction of sp³-hybridized carbons (Fsp3) is 0.562. The number of phenolic OH excluding ortho intramolecular Hbond substituents is 2. The first kappa shape index (κ1) is 29.5. The standard InChI is InChI=1S/C32H46N2O4S/c1-3-4-12-19-34(2)39(37,38)20-13-10-8-6-5-7-9-11-14-24-21-27(36)22-25-15-17-28-29-23-26(35)16-18-30(29)33-32(28)31(24)25/h16,18,21-23,33,35-36H,3-15,17,19-20H2,1-2H3. The van der Waals surface area contributed by atoms with Crippen LogP contribution in [-0.2, 0) is 29.3 Å². The Morgan fingerprint density at radius 2 is 1.56 bits per heavy atom. The molecule has 214 valence electrons. The third-order valence-electron chi connectivity index (χ3n) is 8.22. The number of unbranched alkanes of at least 4 members (excludes halogenated alkanes) is 9. The van der Waals surface area contributed by atoms with Crippen molar-refractivity contribution in [1.29, 1.82) is 0 Å². The summed E-state index contributed by atoms with van der Waals surface area (Å²) in [5, 5.41) is 21.5. The number of sulfonamides is 1. The number of aryl methyl sites for hydroxylation is 3. The summed E-state index contributed by atoms with van der Waals surface area (Å²) in [7, 11) is -1.40. The molecule has 0 unspecified atom stereocenters. The molecule has 3 aromatic rings. The molecule has 0 atom stereocenters. The number of hydrogen-bond acceptors (Lipinski definition) is 4. The van der Waals surface area contributed by atoms with E-state index in [1.54, 1.807) is 13.1 Å². The van der Waals surface area contributed by atoms with Gasteiger partial charge in [0.25, 0.3) is 0 Å². The molecule has 0 fully saturated rings. The first-order chi connectivity index (χ1) is 18.8. The van der Waals surface area contributed by atoms with Crippen molar-refractivity contribution < 1.29 is 18.6 Å². The van der Waals surface area contributed by atoms with E-state index in [9.17, 15) is 18.6 Å². The molecule has 1 aromatic heterocycles. The average molecular weight is 555 g/mol. The molecule has 0 spiro atoms. The van der Waals surface area contributed by atoms with Crippen LogP contribution in [0, 0.1) is 0 Å². The van der Waals surface area contributed by atoms with Gasteiger partial charge in [0.2, 0.25) is 10.0 Å². The number of nitrogens with zero attached hydrogens (tertiary/aromatic N) is 1. The second kappa shape index (κ2) is 13.7. The van der Waals surface area contributed by atoms with Crippen molar-refractivity contribution in [2.75, 3.05) is 19.3 Å². The van der Waals surface area contributed by atoms with Crippen LogP contribution in [0.25, 0.3) is 22.2 Å². The lowest BCUT2D eigenvalue weighted by molar-refractivity contribution is 0.452. The summed E-state index contributed by atoms with van der Waals surface area (Å²) in [4.78, 5) is 3.59. The van der Waals surface area contributed by atoms with Crippen molar-refractivity contribution in [3.05, 3.63) is 47.0 Å². The van der Waals surface area contributed by atoms with Gasteiger partial charge < -0.3 is 15.2 Å². The summed E-state index contributed by atoms with van der Waals surface area (Å²) in [5.41, 5.74) is 7.07. The molecule has 0 radical (unpaired) electrons. The van der Waals surface area contributed by atoms with Gasteiger partial charge in [0.1, 0.15) is 11.5 Å². The van der Waals surface area contributed by atoms with Crippen LogP contribution in [0.4, 0.5) is 0 Å². The van der Waals surface area contributed by atoms with E-state index < -0.39 is 10.0 Å². The maximum absolute atomic E-state index is 12.4. The average Bonchev–Trinajstić information content (AvgIpc) is 3.27. The highest BCUT2D eigenvalue weighted by Gasteiger charge is 2.24. The number of phenols is 2. The number of aromatic amines is 1. The van der Waals surface area contributed by atoms with Gasteiger partial charge >= 0.3 is 0 Å². The second-order valence-electron chi connectivity index (χ2n) is 11.3. The van der Waals surface area contributed by atoms with Crippen LogP contribution in [-0.4, -0.2) is 47.3 Å². The van der Waals surface area contributed by atoms with Crippen molar-refractivity contribution in [1.82, 2.24) is 9.29 Å². The summed E-state index contributed by atoms with van der Waals surface area (Å²) in [6.07, 6.45) is 14.4. The lowest BCUT2D eigenvalue weighted by Gasteiger charge is -2.21. The molecule has 1 aliphatic rings. The minimum absolute atomic E-state index is 0.267. The van der Waals surface area contributed by atoms with E-state index >= 15 is 0 Å². The lowest BCUT2D eigenvalue weighted by atomic mass is 9.84. The third-order valence-corrected chi connectivity index (χ3v) is 10.2. The molecule has 1 aliphatic carbocycles. The van der Waals surface area contributed by atoms with Crippen LogP contribution in [0.3, 0.4) is 0 Å². The monoisotopic (exact) mass is 554 g/mol. The van der Waals surface area contributed by atoms with E-state index in [-0.39, 0.29) is 11.5 Å². The van der Waals surface area contributed by atoms with E-state index in [1.165, 1.54) is 39.4 Å². The normalized spacial score (nSPS) is 13.2. The first-order valence-electron chi connectivity index (χ1n) is 14.9. The second-order valence-corrected chi connectivity index (χ2v) is 13.5. The fourth-order valence-corrected chi connectivity index (χ4v) is 7.26. The number of benzene rings is 2. The number of rotatable bonds is 16. The van der Waals surface area contributed by atoms with Crippen molar-refractivity contribution in [3.8, 4) is 22.8 Å². The predicted molar refractivity (Wildman–Crippen MR) is 161 cm³/mol. The van der Waals surface area contributed by atoms with Gasteiger partial charge in [0.15, 0.2) is 0 Å². The van der Waals surface area contributed by atoms with Crippen LogP contribution in [0.2, 0.25) is 0 Å². The summed E-state index contributed by atoms with van der Waals surface area (Å²) in [6.45, 7) is 2.76. The number of aromatic nitrogens is 1. The van der Waals surface area contributed by atoms with Gasteiger partial charge in [-0.25, -0.2) is 12.7 Å². The molecule has 3 N–H and O–H groups in total. The molecule has 0 aliphatic heterocycles. The van der Waals surface area contributed by atoms with Gasteiger partial charge in [-0.3, -0.25) is 0 Å². The van der Waals surface area contributed by atoms with Crippen LogP contribution in [0.1, 0.15) is 94.2 Å². The van der Waals surface area contributed by atoms with Crippen LogP contribution < -0.4 is 0 Å². The highest BCUT2D eigenvalue weighted by molar-refractivity contribution is 7.89. The van der Waals surface area contributed by atoms with E-state index in [4.69, 9.17) is 0 Å². The predicted octanol–water partition coefficient (Wildman–Crippen LogP) is 7.46. The largest absolute Gasteiger partial charge is 0.508 e. The Balaban J connectivity index is 1.20. The summed E-state index contributed by atoms with van der Waals surface area (Å²) in [6, 6.07) is 9.34. The van der Waals surface area contributed by atoms with E-state index in [1.807, 2.05) is 24.3 Å².